The highest BCUT2D eigenvalue weighted by molar-refractivity contribution is 7.00. The molecule has 0 spiro atoms. The quantitative estimate of drug-likeness (QED) is 0.174. The molecule has 1 N–H and O–H groups in total. The smallest absolute Gasteiger partial charge is 0.319 e. The minimum atomic E-state index is -3.13. The molecule has 0 heterocycles. The number of fused-ring (bicyclic) bond motifs is 2. The van der Waals surface area contributed by atoms with Crippen LogP contribution < -0.4 is 29.0 Å². The van der Waals surface area contributed by atoms with Gasteiger partial charge < -0.3 is 23.7 Å². The maximum absolute atomic E-state index is 14.2. The summed E-state index contributed by atoms with van der Waals surface area (Å²) in [5, 5.41) is 16.5. The summed E-state index contributed by atoms with van der Waals surface area (Å²) in [5.74, 6) is 1.79. The lowest BCUT2D eigenvalue weighted by Crippen LogP contribution is -2.69. The van der Waals surface area contributed by atoms with Crippen LogP contribution in [-0.2, 0) is 5.60 Å². The fourth-order valence-electron chi connectivity index (χ4n) is 7.54. The monoisotopic (exact) mass is 658 g/mol. The normalized spacial score (nSPS) is 16.3. The van der Waals surface area contributed by atoms with Gasteiger partial charge in [0.15, 0.2) is 5.78 Å². The Morgan fingerprint density at radius 3 is 1.79 bits per heavy atom. The number of aliphatic hydroxyl groups is 1. The van der Waals surface area contributed by atoms with Gasteiger partial charge in [0.1, 0.15) is 28.6 Å². The van der Waals surface area contributed by atoms with E-state index in [0.717, 1.165) is 15.8 Å². The zero-order chi connectivity index (χ0) is 34.4. The van der Waals surface area contributed by atoms with Gasteiger partial charge in [-0.05, 0) is 53.0 Å². The molecule has 246 valence electrons. The van der Waals surface area contributed by atoms with Gasteiger partial charge in [0.2, 0.25) is 0 Å². The van der Waals surface area contributed by atoms with E-state index in [0.29, 0.717) is 56.2 Å². The second kappa shape index (κ2) is 12.3. The molecular formula is C41H42O6Si. The van der Waals surface area contributed by atoms with Gasteiger partial charge in [-0.2, -0.15) is 0 Å². The molecular weight excluding hydrogens is 617 g/mol. The summed E-state index contributed by atoms with van der Waals surface area (Å²) < 4.78 is 25.3. The minimum absolute atomic E-state index is 0.234. The number of allylic oxidation sites excluding steroid dienone is 1. The van der Waals surface area contributed by atoms with Crippen molar-refractivity contribution in [3.8, 4) is 23.0 Å². The molecule has 1 atom stereocenters. The van der Waals surface area contributed by atoms with E-state index >= 15 is 0 Å². The summed E-state index contributed by atoms with van der Waals surface area (Å²) in [4.78, 5) is 14.2. The number of hydrogen-bond acceptors (Lipinski definition) is 6. The maximum Gasteiger partial charge on any atom is 0.319 e. The van der Waals surface area contributed by atoms with Crippen LogP contribution in [0, 0.1) is 6.92 Å². The molecule has 0 saturated carbocycles. The van der Waals surface area contributed by atoms with Crippen LogP contribution in [0.25, 0.3) is 10.8 Å². The number of ketones is 1. The van der Waals surface area contributed by atoms with Crippen molar-refractivity contribution in [1.82, 2.24) is 0 Å². The summed E-state index contributed by atoms with van der Waals surface area (Å²) in [6.45, 7) is 10.3. The molecule has 48 heavy (non-hydrogen) atoms. The Morgan fingerprint density at radius 1 is 0.688 bits per heavy atom. The van der Waals surface area contributed by atoms with Gasteiger partial charge in [0.05, 0.1) is 32.3 Å². The molecule has 6 nitrogen and oxygen atoms in total. The second-order valence-corrected chi connectivity index (χ2v) is 17.5. The molecule has 6 rings (SSSR count). The fourth-order valence-corrected chi connectivity index (χ4v) is 12.0. The average Bonchev–Trinajstić information content (AvgIpc) is 3.08. The van der Waals surface area contributed by atoms with Crippen LogP contribution in [-0.4, -0.2) is 40.5 Å². The van der Waals surface area contributed by atoms with E-state index in [1.54, 1.807) is 34.3 Å². The summed E-state index contributed by atoms with van der Waals surface area (Å²) >= 11 is 0. The van der Waals surface area contributed by atoms with Crippen molar-refractivity contribution in [1.29, 1.82) is 0 Å². The third-order valence-corrected chi connectivity index (χ3v) is 14.6. The lowest BCUT2D eigenvalue weighted by Gasteiger charge is -2.44. The molecule has 0 fully saturated rings. The highest BCUT2D eigenvalue weighted by atomic mass is 28.4. The lowest BCUT2D eigenvalue weighted by molar-refractivity contribution is 0.0941. The van der Waals surface area contributed by atoms with Gasteiger partial charge in [0.25, 0.3) is 0 Å². The van der Waals surface area contributed by atoms with Crippen molar-refractivity contribution in [2.75, 3.05) is 21.3 Å². The van der Waals surface area contributed by atoms with Crippen LogP contribution in [0.1, 0.15) is 54.7 Å². The second-order valence-electron chi connectivity index (χ2n) is 13.3. The van der Waals surface area contributed by atoms with E-state index in [4.69, 9.17) is 18.6 Å². The van der Waals surface area contributed by atoms with Gasteiger partial charge >= 0.3 is 8.32 Å². The first-order valence-corrected chi connectivity index (χ1v) is 18.0. The molecule has 0 amide bonds. The van der Waals surface area contributed by atoms with Crippen molar-refractivity contribution in [3.63, 3.8) is 0 Å². The number of carbonyl (C=O) groups excluding carboxylic acids is 1. The lowest BCUT2D eigenvalue weighted by atomic mass is 9.71. The molecule has 5 aromatic carbocycles. The van der Waals surface area contributed by atoms with Gasteiger partial charge in [-0.1, -0.05) is 106 Å². The highest BCUT2D eigenvalue weighted by Crippen LogP contribution is 2.54. The van der Waals surface area contributed by atoms with Crippen molar-refractivity contribution in [3.05, 3.63) is 131 Å². The topological polar surface area (TPSA) is 74.2 Å². The molecule has 1 aliphatic carbocycles. The Kier molecular flexibility index (Phi) is 8.48. The molecule has 1 unspecified atom stereocenters. The van der Waals surface area contributed by atoms with E-state index in [1.165, 1.54) is 6.08 Å². The van der Waals surface area contributed by atoms with Crippen LogP contribution in [0.4, 0.5) is 0 Å². The number of rotatable bonds is 8. The molecule has 1 aliphatic rings. The third kappa shape index (κ3) is 4.83. The minimum Gasteiger partial charge on any atom is -0.533 e. The standard InChI is InChI=1S/C41H42O6Si/c1-26-25-32(42)36-31(41(26,43)37-27(2)38(45-7)30-21-15-23-33(44-6)35(30)39(37)46-8)22-16-24-34(36)47-48(40(3,4)5,28-17-11-9-12-18-28)29-19-13-10-14-20-29/h9-25,43H,1-8H3. The largest absolute Gasteiger partial charge is 0.533 e. The Labute approximate surface area is 283 Å². The zero-order valence-corrected chi connectivity index (χ0v) is 29.8. The SMILES string of the molecule is COc1c(C)c(C2(O)C(C)=CC(=O)c3c(O[Si](c4ccccc4)(c4ccccc4)C(C)(C)C)cccc32)c(OC)c2c(OC)cccc12. The number of benzene rings is 5. The first-order chi connectivity index (χ1) is 22.9. The summed E-state index contributed by atoms with van der Waals surface area (Å²) in [7, 11) is 1.66. The number of methoxy groups -OCH3 is 3. The summed E-state index contributed by atoms with van der Waals surface area (Å²) in [6, 6.07) is 31.8. The summed E-state index contributed by atoms with van der Waals surface area (Å²) in [5.41, 5.74) is 0.583. The predicted molar refractivity (Wildman–Crippen MR) is 194 cm³/mol. The Hall–Kier alpha value is -4.85. The number of hydrogen-bond donors (Lipinski definition) is 1. The van der Waals surface area contributed by atoms with Crippen LogP contribution in [0.5, 0.6) is 23.0 Å². The highest BCUT2D eigenvalue weighted by Gasteiger charge is 2.53. The van der Waals surface area contributed by atoms with Crippen molar-refractivity contribution >= 4 is 35.2 Å². The molecule has 0 saturated heterocycles. The molecule has 0 radical (unpaired) electrons. The van der Waals surface area contributed by atoms with Crippen LogP contribution in [0.15, 0.2) is 109 Å². The average molecular weight is 659 g/mol. The molecule has 0 aromatic heterocycles. The summed E-state index contributed by atoms with van der Waals surface area (Å²) in [6.07, 6.45) is 1.51. The van der Waals surface area contributed by atoms with E-state index in [1.807, 2.05) is 73.7 Å². The van der Waals surface area contributed by atoms with E-state index < -0.39 is 13.9 Å². The van der Waals surface area contributed by atoms with Gasteiger partial charge in [0, 0.05) is 22.1 Å². The Bertz CT molecular complexity index is 2010. The maximum atomic E-state index is 14.2. The van der Waals surface area contributed by atoms with E-state index in [2.05, 4.69) is 45.0 Å². The van der Waals surface area contributed by atoms with Crippen molar-refractivity contribution in [2.45, 2.75) is 45.3 Å². The fraction of sp³-hybridized carbons (Fsp3) is 0.244. The van der Waals surface area contributed by atoms with Gasteiger partial charge in [-0.25, -0.2) is 0 Å². The van der Waals surface area contributed by atoms with Crippen LogP contribution in [0.2, 0.25) is 5.04 Å². The number of ether oxygens (including phenoxy) is 3. The Balaban J connectivity index is 1.68. The van der Waals surface area contributed by atoms with Crippen LogP contribution >= 0.6 is 0 Å². The zero-order valence-electron chi connectivity index (χ0n) is 28.8. The van der Waals surface area contributed by atoms with E-state index in [9.17, 15) is 9.90 Å². The first-order valence-electron chi connectivity index (χ1n) is 16.1. The third-order valence-electron chi connectivity index (χ3n) is 9.69. The predicted octanol–water partition coefficient (Wildman–Crippen LogP) is 7.49. The van der Waals surface area contributed by atoms with Gasteiger partial charge in [-0.3, -0.25) is 4.79 Å². The van der Waals surface area contributed by atoms with Crippen molar-refractivity contribution < 1.29 is 28.5 Å². The number of carbonyl (C=O) groups is 1. The van der Waals surface area contributed by atoms with Crippen molar-refractivity contribution in [2.24, 2.45) is 0 Å². The van der Waals surface area contributed by atoms with Crippen LogP contribution in [0.3, 0.4) is 0 Å². The molecule has 7 heteroatoms. The molecule has 0 bridgehead atoms. The van der Waals surface area contributed by atoms with E-state index in [-0.39, 0.29) is 10.8 Å². The molecule has 5 aromatic rings. The Morgan fingerprint density at radius 2 is 1.25 bits per heavy atom. The van der Waals surface area contributed by atoms with Gasteiger partial charge in [-0.15, -0.1) is 0 Å². The first kappa shape index (κ1) is 33.1. The molecule has 0 aliphatic heterocycles.